The Hall–Kier alpha value is -1.64. The second-order valence-corrected chi connectivity index (χ2v) is 4.17. The van der Waals surface area contributed by atoms with Crippen LogP contribution in [-0.2, 0) is 16.0 Å². The summed E-state index contributed by atoms with van der Waals surface area (Å²) in [6.07, 6.45) is 1.06. The van der Waals surface area contributed by atoms with Crippen molar-refractivity contribution in [1.29, 1.82) is 0 Å². The van der Waals surface area contributed by atoms with Gasteiger partial charge >= 0.3 is 5.97 Å². The Balaban J connectivity index is 2.22. The zero-order valence-corrected chi connectivity index (χ0v) is 9.83. The molecule has 0 atom stereocenters. The van der Waals surface area contributed by atoms with Crippen LogP contribution in [0.4, 0.5) is 5.69 Å². The number of ether oxygens (including phenoxy) is 1. The molecule has 1 aliphatic rings. The Morgan fingerprint density at radius 2 is 2.06 bits per heavy atom. The van der Waals surface area contributed by atoms with Crippen molar-refractivity contribution in [1.82, 2.24) is 0 Å². The highest BCUT2D eigenvalue weighted by molar-refractivity contribution is 6.04. The number of aryl methyl sites for hydroxylation is 2. The minimum absolute atomic E-state index is 0.222. The third kappa shape index (κ3) is 1.98. The van der Waals surface area contributed by atoms with Crippen LogP contribution < -0.4 is 0 Å². The maximum atomic E-state index is 11.1. The molecule has 0 saturated carbocycles. The van der Waals surface area contributed by atoms with Crippen LogP contribution in [0.5, 0.6) is 0 Å². The van der Waals surface area contributed by atoms with Crippen LogP contribution in [0.1, 0.15) is 23.1 Å². The molecular formula is C13H15NO2. The molecule has 2 rings (SSSR count). The van der Waals surface area contributed by atoms with E-state index in [1.165, 1.54) is 23.8 Å². The van der Waals surface area contributed by atoms with Crippen molar-refractivity contribution in [3.63, 3.8) is 0 Å². The minimum atomic E-state index is -0.222. The molecule has 0 saturated heterocycles. The molecule has 0 bridgehead atoms. The SMILES string of the molecule is COC(=O)CC1=Nc2cc(C)c(C)cc2C1. The van der Waals surface area contributed by atoms with Gasteiger partial charge in [-0.05, 0) is 36.6 Å². The van der Waals surface area contributed by atoms with Gasteiger partial charge in [0.2, 0.25) is 0 Å². The summed E-state index contributed by atoms with van der Waals surface area (Å²) in [4.78, 5) is 15.6. The predicted octanol–water partition coefficient (Wildman–Crippen LogP) is 2.50. The molecule has 1 heterocycles. The minimum Gasteiger partial charge on any atom is -0.469 e. The summed E-state index contributed by atoms with van der Waals surface area (Å²) < 4.78 is 4.64. The lowest BCUT2D eigenvalue weighted by Crippen LogP contribution is -2.09. The summed E-state index contributed by atoms with van der Waals surface area (Å²) in [5, 5.41) is 0. The largest absolute Gasteiger partial charge is 0.469 e. The topological polar surface area (TPSA) is 38.7 Å². The van der Waals surface area contributed by atoms with Gasteiger partial charge in [0.1, 0.15) is 0 Å². The molecular weight excluding hydrogens is 202 g/mol. The summed E-state index contributed by atoms with van der Waals surface area (Å²) in [5.41, 5.74) is 5.62. The smallest absolute Gasteiger partial charge is 0.311 e. The highest BCUT2D eigenvalue weighted by Gasteiger charge is 2.18. The van der Waals surface area contributed by atoms with E-state index in [1.54, 1.807) is 0 Å². The summed E-state index contributed by atoms with van der Waals surface area (Å²) in [6.45, 7) is 4.16. The van der Waals surface area contributed by atoms with E-state index in [-0.39, 0.29) is 5.97 Å². The van der Waals surface area contributed by atoms with E-state index in [2.05, 4.69) is 35.7 Å². The van der Waals surface area contributed by atoms with Crippen LogP contribution >= 0.6 is 0 Å². The number of hydrogen-bond donors (Lipinski definition) is 0. The molecule has 1 aliphatic heterocycles. The number of fused-ring (bicyclic) bond motifs is 1. The zero-order chi connectivity index (χ0) is 11.7. The van der Waals surface area contributed by atoms with Gasteiger partial charge in [0.15, 0.2) is 0 Å². The first-order chi connectivity index (χ1) is 7.60. The monoisotopic (exact) mass is 217 g/mol. The molecule has 0 spiro atoms. The van der Waals surface area contributed by atoms with Gasteiger partial charge < -0.3 is 4.74 Å². The molecule has 3 heteroatoms. The number of benzene rings is 1. The van der Waals surface area contributed by atoms with Crippen molar-refractivity contribution in [3.05, 3.63) is 28.8 Å². The van der Waals surface area contributed by atoms with E-state index in [1.807, 2.05) is 0 Å². The predicted molar refractivity (Wildman–Crippen MR) is 63.3 cm³/mol. The van der Waals surface area contributed by atoms with E-state index in [9.17, 15) is 4.79 Å². The Morgan fingerprint density at radius 1 is 1.38 bits per heavy atom. The van der Waals surface area contributed by atoms with Crippen LogP contribution in [0.25, 0.3) is 0 Å². The third-order valence-corrected chi connectivity index (χ3v) is 2.94. The molecule has 0 aromatic heterocycles. The number of methoxy groups -OCH3 is 1. The van der Waals surface area contributed by atoms with E-state index in [0.29, 0.717) is 6.42 Å². The van der Waals surface area contributed by atoms with Gasteiger partial charge in [0, 0.05) is 12.1 Å². The van der Waals surface area contributed by atoms with E-state index in [0.717, 1.165) is 17.8 Å². The van der Waals surface area contributed by atoms with Crippen LogP contribution in [0, 0.1) is 13.8 Å². The van der Waals surface area contributed by atoms with Gasteiger partial charge in [-0.3, -0.25) is 9.79 Å². The Labute approximate surface area is 95.2 Å². The van der Waals surface area contributed by atoms with Crippen molar-refractivity contribution in [3.8, 4) is 0 Å². The molecule has 1 aromatic carbocycles. The normalized spacial score (nSPS) is 13.3. The van der Waals surface area contributed by atoms with Crippen molar-refractivity contribution in [2.24, 2.45) is 4.99 Å². The number of carbonyl (C=O) groups is 1. The molecule has 16 heavy (non-hydrogen) atoms. The first-order valence-corrected chi connectivity index (χ1v) is 5.33. The van der Waals surface area contributed by atoms with Crippen molar-refractivity contribution < 1.29 is 9.53 Å². The Bertz CT molecular complexity index is 475. The van der Waals surface area contributed by atoms with Gasteiger partial charge in [-0.15, -0.1) is 0 Å². The number of esters is 1. The average molecular weight is 217 g/mol. The Morgan fingerprint density at radius 3 is 2.75 bits per heavy atom. The fourth-order valence-electron chi connectivity index (χ4n) is 1.88. The standard InChI is InChI=1S/C13H15NO2/c1-8-4-10-6-11(7-13(15)16-3)14-12(10)5-9(8)2/h4-5H,6-7H2,1-3H3. The molecule has 0 fully saturated rings. The van der Waals surface area contributed by atoms with E-state index < -0.39 is 0 Å². The fourth-order valence-corrected chi connectivity index (χ4v) is 1.88. The molecule has 3 nitrogen and oxygen atoms in total. The second kappa shape index (κ2) is 4.08. The highest BCUT2D eigenvalue weighted by atomic mass is 16.5. The highest BCUT2D eigenvalue weighted by Crippen LogP contribution is 2.30. The zero-order valence-electron chi connectivity index (χ0n) is 9.83. The van der Waals surface area contributed by atoms with Gasteiger partial charge in [-0.25, -0.2) is 0 Å². The molecule has 84 valence electrons. The molecule has 0 unspecified atom stereocenters. The number of aliphatic imine (C=N–C) groups is 1. The molecule has 0 radical (unpaired) electrons. The van der Waals surface area contributed by atoms with Crippen LogP contribution in [0.15, 0.2) is 17.1 Å². The van der Waals surface area contributed by atoms with E-state index >= 15 is 0 Å². The lowest BCUT2D eigenvalue weighted by molar-refractivity contribution is -0.139. The van der Waals surface area contributed by atoms with Crippen molar-refractivity contribution in [2.75, 3.05) is 7.11 Å². The van der Waals surface area contributed by atoms with E-state index in [4.69, 9.17) is 0 Å². The van der Waals surface area contributed by atoms with Crippen LogP contribution in [-0.4, -0.2) is 18.8 Å². The van der Waals surface area contributed by atoms with Crippen molar-refractivity contribution in [2.45, 2.75) is 26.7 Å². The van der Waals surface area contributed by atoms with Gasteiger partial charge in [0.25, 0.3) is 0 Å². The number of hydrogen-bond acceptors (Lipinski definition) is 3. The number of nitrogens with zero attached hydrogens (tertiary/aromatic N) is 1. The van der Waals surface area contributed by atoms with Gasteiger partial charge in [0.05, 0.1) is 19.2 Å². The summed E-state index contributed by atoms with van der Waals surface area (Å²) >= 11 is 0. The molecule has 0 aliphatic carbocycles. The van der Waals surface area contributed by atoms with Gasteiger partial charge in [-0.1, -0.05) is 6.07 Å². The van der Waals surface area contributed by atoms with Crippen LogP contribution in [0.3, 0.4) is 0 Å². The summed E-state index contributed by atoms with van der Waals surface area (Å²) in [7, 11) is 1.40. The lowest BCUT2D eigenvalue weighted by Gasteiger charge is -2.02. The fraction of sp³-hybridized carbons (Fsp3) is 0.385. The first-order valence-electron chi connectivity index (χ1n) is 5.33. The van der Waals surface area contributed by atoms with Gasteiger partial charge in [-0.2, -0.15) is 0 Å². The maximum absolute atomic E-state index is 11.1. The number of rotatable bonds is 2. The molecule has 0 N–H and O–H groups in total. The summed E-state index contributed by atoms with van der Waals surface area (Å²) in [6, 6.07) is 4.23. The molecule has 1 aromatic rings. The average Bonchev–Trinajstić information content (AvgIpc) is 2.60. The third-order valence-electron chi connectivity index (χ3n) is 2.94. The quantitative estimate of drug-likeness (QED) is 0.714. The molecule has 0 amide bonds. The maximum Gasteiger partial charge on any atom is 0.311 e. The van der Waals surface area contributed by atoms with Crippen LogP contribution in [0.2, 0.25) is 0 Å². The summed E-state index contributed by atoms with van der Waals surface area (Å²) in [5.74, 6) is -0.222. The van der Waals surface area contributed by atoms with Crippen molar-refractivity contribution >= 4 is 17.4 Å². The first kappa shape index (κ1) is 10.9. The number of carbonyl (C=O) groups excluding carboxylic acids is 1. The lowest BCUT2D eigenvalue weighted by atomic mass is 10.0. The Kier molecular flexibility index (Phi) is 2.77. The second-order valence-electron chi connectivity index (χ2n) is 4.17.